The number of nitrogen functional groups attached to an aromatic ring is 1. The first kappa shape index (κ1) is 25.6. The number of carbonyl (C=O) groups is 3. The second-order valence-corrected chi connectivity index (χ2v) is 9.28. The number of primary amides is 1. The van der Waals surface area contributed by atoms with Crippen molar-refractivity contribution < 1.29 is 28.3 Å². The molecule has 35 heavy (non-hydrogen) atoms. The summed E-state index contributed by atoms with van der Waals surface area (Å²) >= 11 is 0.701. The van der Waals surface area contributed by atoms with Crippen LogP contribution in [0.15, 0.2) is 41.0 Å². The molecule has 0 saturated heterocycles. The molecule has 1 atom stereocenters. The van der Waals surface area contributed by atoms with Crippen LogP contribution in [-0.4, -0.2) is 41.9 Å². The van der Waals surface area contributed by atoms with E-state index in [0.29, 0.717) is 17.3 Å². The van der Waals surface area contributed by atoms with Crippen molar-refractivity contribution in [3.63, 3.8) is 0 Å². The number of furan rings is 1. The van der Waals surface area contributed by atoms with E-state index in [9.17, 15) is 14.4 Å². The lowest BCUT2D eigenvalue weighted by molar-refractivity contribution is -0.124. The van der Waals surface area contributed by atoms with Gasteiger partial charge < -0.3 is 30.7 Å². The molecule has 186 valence electrons. The predicted molar refractivity (Wildman–Crippen MR) is 131 cm³/mol. The number of benzene rings is 1. The van der Waals surface area contributed by atoms with Crippen LogP contribution < -0.4 is 31.2 Å². The van der Waals surface area contributed by atoms with E-state index in [1.165, 1.54) is 25.4 Å². The Morgan fingerprint density at radius 1 is 1.17 bits per heavy atom. The minimum Gasteiger partial charge on any atom is -0.497 e. The van der Waals surface area contributed by atoms with Crippen molar-refractivity contribution in [2.45, 2.75) is 32.4 Å². The highest BCUT2D eigenvalue weighted by molar-refractivity contribution is 7.09. The Morgan fingerprint density at radius 3 is 2.40 bits per heavy atom. The van der Waals surface area contributed by atoms with E-state index in [-0.39, 0.29) is 33.5 Å². The van der Waals surface area contributed by atoms with Crippen LogP contribution in [0.4, 0.5) is 11.4 Å². The van der Waals surface area contributed by atoms with E-state index in [0.717, 1.165) is 0 Å². The first-order chi connectivity index (χ1) is 16.5. The molecular weight excluding hydrogens is 474 g/mol. The van der Waals surface area contributed by atoms with E-state index >= 15 is 0 Å². The molecule has 5 N–H and O–H groups in total. The van der Waals surface area contributed by atoms with Crippen LogP contribution in [0, 0.1) is 0 Å². The van der Waals surface area contributed by atoms with E-state index in [2.05, 4.69) is 9.69 Å². The summed E-state index contributed by atoms with van der Waals surface area (Å²) in [4.78, 5) is 40.4. The third kappa shape index (κ3) is 5.38. The van der Waals surface area contributed by atoms with Crippen LogP contribution in [0.5, 0.6) is 11.5 Å². The maximum absolute atomic E-state index is 14.0. The van der Waals surface area contributed by atoms with E-state index in [4.69, 9.17) is 25.4 Å². The number of aromatic nitrogens is 1. The largest absolute Gasteiger partial charge is 0.497 e. The summed E-state index contributed by atoms with van der Waals surface area (Å²) in [5.41, 5.74) is 10.6. The predicted octanol–water partition coefficient (Wildman–Crippen LogP) is 2.74. The zero-order valence-electron chi connectivity index (χ0n) is 19.9. The van der Waals surface area contributed by atoms with Gasteiger partial charge >= 0.3 is 0 Å². The van der Waals surface area contributed by atoms with Gasteiger partial charge in [-0.25, -0.2) is 0 Å². The first-order valence-corrected chi connectivity index (χ1v) is 11.2. The zero-order valence-corrected chi connectivity index (χ0v) is 20.8. The van der Waals surface area contributed by atoms with Gasteiger partial charge in [0.15, 0.2) is 11.7 Å². The van der Waals surface area contributed by atoms with E-state index < -0.39 is 29.3 Å². The fraction of sp³-hybridized carbons (Fsp3) is 0.304. The molecule has 1 aromatic carbocycles. The molecule has 0 unspecified atom stereocenters. The van der Waals surface area contributed by atoms with Crippen LogP contribution in [-0.2, 0) is 4.79 Å². The van der Waals surface area contributed by atoms with E-state index in [1.54, 1.807) is 30.3 Å². The minimum atomic E-state index is -1.27. The number of carbonyl (C=O) groups excluding carboxylic acids is 3. The summed E-state index contributed by atoms with van der Waals surface area (Å²) in [6.45, 7) is 5.43. The molecule has 0 radical (unpaired) electrons. The Morgan fingerprint density at radius 2 is 1.89 bits per heavy atom. The van der Waals surface area contributed by atoms with Crippen molar-refractivity contribution in [3.8, 4) is 11.5 Å². The molecule has 0 fully saturated rings. The van der Waals surface area contributed by atoms with Gasteiger partial charge in [-0.3, -0.25) is 19.3 Å². The topological polar surface area (TPSA) is 163 Å². The van der Waals surface area contributed by atoms with Crippen LogP contribution in [0.2, 0.25) is 0 Å². The molecular formula is C23H27N5O6S. The number of methoxy groups -OCH3 is 2. The Bertz CT molecular complexity index is 1230. The van der Waals surface area contributed by atoms with Gasteiger partial charge in [0.1, 0.15) is 22.1 Å². The highest BCUT2D eigenvalue weighted by atomic mass is 32.1. The summed E-state index contributed by atoms with van der Waals surface area (Å²) in [6.07, 6.45) is 1.40. The van der Waals surface area contributed by atoms with Crippen molar-refractivity contribution in [1.29, 1.82) is 0 Å². The number of ether oxygens (including phenoxy) is 2. The molecule has 2 heterocycles. The molecule has 3 rings (SSSR count). The molecule has 0 aliphatic carbocycles. The Hall–Kier alpha value is -4.06. The monoisotopic (exact) mass is 501 g/mol. The normalized spacial score (nSPS) is 12.0. The smallest absolute Gasteiger partial charge is 0.273 e. The Balaban J connectivity index is 2.27. The first-order valence-electron chi connectivity index (χ1n) is 10.4. The maximum atomic E-state index is 14.0. The number of nitrogens with zero attached hydrogens (tertiary/aromatic N) is 2. The molecule has 3 amide bonds. The summed E-state index contributed by atoms with van der Waals surface area (Å²) in [6, 6.07) is 6.67. The number of hydrogen-bond donors (Lipinski definition) is 3. The Kier molecular flexibility index (Phi) is 7.34. The van der Waals surface area contributed by atoms with Gasteiger partial charge in [-0.15, -0.1) is 0 Å². The number of rotatable bonds is 8. The van der Waals surface area contributed by atoms with Gasteiger partial charge in [-0.05, 0) is 56.6 Å². The van der Waals surface area contributed by atoms with Crippen molar-refractivity contribution in [3.05, 3.63) is 52.9 Å². The number of amides is 3. The molecule has 0 aliphatic heterocycles. The minimum absolute atomic E-state index is 0.0724. The lowest BCUT2D eigenvalue weighted by Crippen LogP contribution is -2.49. The molecule has 2 aromatic heterocycles. The standard InChI is InChI=1S/C23H27N5O6S/c1-23(2,3)26-21(30)18(14-7-6-10-34-14)28(13-9-8-12(32-4)11-15(13)33-5)22(31)19-16(24)17(20(25)29)27-35-19/h6-11,18H,24H2,1-5H3,(H2,25,29)(H,26,30)/t18-/m0/s1. The highest BCUT2D eigenvalue weighted by Crippen LogP contribution is 2.40. The van der Waals surface area contributed by atoms with Gasteiger partial charge in [0, 0.05) is 11.6 Å². The van der Waals surface area contributed by atoms with Gasteiger partial charge in [-0.2, -0.15) is 4.37 Å². The quantitative estimate of drug-likeness (QED) is 0.424. The van der Waals surface area contributed by atoms with Crippen molar-refractivity contribution in [2.75, 3.05) is 24.9 Å². The van der Waals surface area contributed by atoms with Crippen LogP contribution in [0.25, 0.3) is 0 Å². The lowest BCUT2D eigenvalue weighted by Gasteiger charge is -2.33. The maximum Gasteiger partial charge on any atom is 0.273 e. The van der Waals surface area contributed by atoms with Crippen LogP contribution >= 0.6 is 11.5 Å². The molecule has 0 aliphatic rings. The Labute approximate surface area is 206 Å². The fourth-order valence-corrected chi connectivity index (χ4v) is 4.09. The van der Waals surface area contributed by atoms with Gasteiger partial charge in [0.25, 0.3) is 17.7 Å². The second-order valence-electron chi connectivity index (χ2n) is 8.51. The molecule has 0 spiro atoms. The summed E-state index contributed by atoms with van der Waals surface area (Å²) < 4.78 is 20.3. The van der Waals surface area contributed by atoms with Crippen LogP contribution in [0.1, 0.15) is 52.7 Å². The van der Waals surface area contributed by atoms with E-state index in [1.807, 2.05) is 20.8 Å². The lowest BCUT2D eigenvalue weighted by atomic mass is 10.0. The van der Waals surface area contributed by atoms with Crippen molar-refractivity contribution >= 4 is 40.6 Å². The second kappa shape index (κ2) is 10.1. The number of nitrogens with two attached hydrogens (primary N) is 2. The molecule has 11 nitrogen and oxygen atoms in total. The fourth-order valence-electron chi connectivity index (χ4n) is 3.35. The summed E-state index contributed by atoms with van der Waals surface area (Å²) in [5, 5.41) is 2.89. The van der Waals surface area contributed by atoms with Crippen LogP contribution in [0.3, 0.4) is 0 Å². The number of nitrogens with one attached hydrogen (secondary N) is 1. The molecule has 0 saturated carbocycles. The highest BCUT2D eigenvalue weighted by Gasteiger charge is 2.40. The molecule has 0 bridgehead atoms. The van der Waals surface area contributed by atoms with Crippen molar-refractivity contribution in [2.24, 2.45) is 5.73 Å². The molecule has 3 aromatic rings. The third-order valence-electron chi connectivity index (χ3n) is 4.84. The zero-order chi connectivity index (χ0) is 25.9. The summed E-state index contributed by atoms with van der Waals surface area (Å²) in [7, 11) is 2.91. The number of anilines is 2. The average Bonchev–Trinajstić information content (AvgIpc) is 3.45. The third-order valence-corrected chi connectivity index (χ3v) is 5.69. The number of hydrogen-bond acceptors (Lipinski definition) is 9. The van der Waals surface area contributed by atoms with Gasteiger partial charge in [-0.1, -0.05) is 0 Å². The van der Waals surface area contributed by atoms with Gasteiger partial charge in [0.05, 0.1) is 31.9 Å². The summed E-state index contributed by atoms with van der Waals surface area (Å²) in [5.74, 6) is -1.19. The van der Waals surface area contributed by atoms with Gasteiger partial charge in [0.2, 0.25) is 0 Å². The average molecular weight is 502 g/mol. The molecule has 12 heteroatoms. The SMILES string of the molecule is COc1ccc(N(C(=O)c2snc(C(N)=O)c2N)[C@H](C(=O)NC(C)(C)C)c2ccco2)c(OC)c1. The van der Waals surface area contributed by atoms with Crippen molar-refractivity contribution in [1.82, 2.24) is 9.69 Å².